The van der Waals surface area contributed by atoms with E-state index in [-0.39, 0.29) is 30.4 Å². The highest BCUT2D eigenvalue weighted by atomic mass is 19.1. The molecule has 2 aliphatic rings. The minimum absolute atomic E-state index is 0.0982. The lowest BCUT2D eigenvalue weighted by atomic mass is 9.93. The van der Waals surface area contributed by atoms with Gasteiger partial charge < -0.3 is 24.8 Å². The van der Waals surface area contributed by atoms with Crippen LogP contribution in [-0.2, 0) is 23.3 Å². The van der Waals surface area contributed by atoms with Gasteiger partial charge in [0.15, 0.2) is 0 Å². The SMILES string of the molecule is CC(C)(NC(=O)OCc1ccccc1)c1cc(Cc2ccc(F)cc2)nc(OC2[C@H]3CN(C(=O)O)C[C@@H]23)c1. The zero-order chi connectivity index (χ0) is 26.9. The van der Waals surface area contributed by atoms with Crippen molar-refractivity contribution in [3.63, 3.8) is 0 Å². The molecule has 2 fully saturated rings. The summed E-state index contributed by atoms with van der Waals surface area (Å²) in [7, 11) is 0. The summed E-state index contributed by atoms with van der Waals surface area (Å²) >= 11 is 0. The van der Waals surface area contributed by atoms with Crippen LogP contribution < -0.4 is 10.1 Å². The van der Waals surface area contributed by atoms with E-state index in [1.807, 2.05) is 50.2 Å². The molecule has 2 amide bonds. The summed E-state index contributed by atoms with van der Waals surface area (Å²) in [5, 5.41) is 12.2. The molecule has 198 valence electrons. The van der Waals surface area contributed by atoms with Gasteiger partial charge in [0.1, 0.15) is 18.5 Å². The van der Waals surface area contributed by atoms with Gasteiger partial charge in [0.05, 0.1) is 5.54 Å². The van der Waals surface area contributed by atoms with E-state index in [0.29, 0.717) is 31.1 Å². The summed E-state index contributed by atoms with van der Waals surface area (Å²) in [6.07, 6.45) is -1.11. The molecule has 5 rings (SSSR count). The van der Waals surface area contributed by atoms with Crippen LogP contribution in [0.15, 0.2) is 66.7 Å². The molecule has 3 aromatic rings. The standard InChI is InChI=1S/C29H30FN3O5/c1-29(2,32-27(34)37-17-19-6-4-3-5-7-19)20-13-22(12-18-8-10-21(30)11-9-18)31-25(14-20)38-26-23-15-33(28(35)36)16-24(23)26/h3-11,13-14,23-24,26H,12,15-17H2,1-2H3,(H,32,34)(H,35,36)/t23-,24+,26?. The smallest absolute Gasteiger partial charge is 0.408 e. The van der Waals surface area contributed by atoms with Gasteiger partial charge in [-0.2, -0.15) is 0 Å². The molecule has 38 heavy (non-hydrogen) atoms. The Balaban J connectivity index is 1.32. The van der Waals surface area contributed by atoms with Gasteiger partial charge in [-0.05, 0) is 48.7 Å². The third kappa shape index (κ3) is 5.88. The van der Waals surface area contributed by atoms with Crippen molar-refractivity contribution in [1.82, 2.24) is 15.2 Å². The number of nitrogens with one attached hydrogen (secondary N) is 1. The molecule has 1 unspecified atom stereocenters. The maximum atomic E-state index is 13.4. The molecule has 3 atom stereocenters. The van der Waals surface area contributed by atoms with Crippen molar-refractivity contribution >= 4 is 12.2 Å². The van der Waals surface area contributed by atoms with Crippen molar-refractivity contribution in [3.05, 3.63) is 94.9 Å². The molecule has 0 bridgehead atoms. The van der Waals surface area contributed by atoms with E-state index in [1.54, 1.807) is 18.2 Å². The number of alkyl carbamates (subject to hydrolysis) is 1. The number of carbonyl (C=O) groups is 2. The summed E-state index contributed by atoms with van der Waals surface area (Å²) in [6.45, 7) is 4.80. The number of hydrogen-bond donors (Lipinski definition) is 2. The minimum Gasteiger partial charge on any atom is -0.474 e. The van der Waals surface area contributed by atoms with Gasteiger partial charge in [-0.15, -0.1) is 0 Å². The Hall–Kier alpha value is -4.14. The number of nitrogens with zero attached hydrogens (tertiary/aromatic N) is 2. The quantitative estimate of drug-likeness (QED) is 0.436. The van der Waals surface area contributed by atoms with Crippen LogP contribution in [0.1, 0.15) is 36.2 Å². The van der Waals surface area contributed by atoms with Gasteiger partial charge in [0.25, 0.3) is 0 Å². The van der Waals surface area contributed by atoms with Gasteiger partial charge >= 0.3 is 12.2 Å². The first-order valence-electron chi connectivity index (χ1n) is 12.6. The van der Waals surface area contributed by atoms with E-state index in [0.717, 1.165) is 16.7 Å². The van der Waals surface area contributed by atoms with Crippen molar-refractivity contribution < 1.29 is 28.6 Å². The Morgan fingerprint density at radius 3 is 2.39 bits per heavy atom. The second-order valence-corrected chi connectivity index (χ2v) is 10.4. The summed E-state index contributed by atoms with van der Waals surface area (Å²) in [6, 6.07) is 19.4. The molecule has 2 heterocycles. The lowest BCUT2D eigenvalue weighted by molar-refractivity contribution is 0.129. The molecular weight excluding hydrogens is 489 g/mol. The monoisotopic (exact) mass is 519 g/mol. The first-order valence-corrected chi connectivity index (χ1v) is 12.6. The average molecular weight is 520 g/mol. The number of halogens is 1. The molecule has 8 nitrogen and oxygen atoms in total. The molecule has 1 saturated carbocycles. The average Bonchev–Trinajstić information content (AvgIpc) is 3.30. The topological polar surface area (TPSA) is 101 Å². The molecule has 1 saturated heterocycles. The molecule has 2 N–H and O–H groups in total. The fraction of sp³-hybridized carbons (Fsp3) is 0.345. The second kappa shape index (κ2) is 10.3. The first kappa shape index (κ1) is 25.5. The number of piperidine rings is 1. The number of aromatic nitrogens is 1. The molecule has 9 heteroatoms. The van der Waals surface area contributed by atoms with E-state index in [2.05, 4.69) is 5.32 Å². The second-order valence-electron chi connectivity index (χ2n) is 10.4. The maximum Gasteiger partial charge on any atom is 0.408 e. The van der Waals surface area contributed by atoms with Crippen molar-refractivity contribution in [2.75, 3.05) is 13.1 Å². The Kier molecular flexibility index (Phi) is 6.93. The normalized spacial score (nSPS) is 20.0. The molecular formula is C29H30FN3O5. The molecule has 0 radical (unpaired) electrons. The van der Waals surface area contributed by atoms with Crippen molar-refractivity contribution in [2.24, 2.45) is 11.8 Å². The fourth-order valence-electron chi connectivity index (χ4n) is 4.91. The number of likely N-dealkylation sites (tertiary alicyclic amines) is 1. The van der Waals surface area contributed by atoms with Gasteiger partial charge in [-0.3, -0.25) is 0 Å². The van der Waals surface area contributed by atoms with Crippen molar-refractivity contribution in [1.29, 1.82) is 0 Å². The van der Waals surface area contributed by atoms with Crippen LogP contribution in [0.5, 0.6) is 5.88 Å². The predicted octanol–water partition coefficient (Wildman–Crippen LogP) is 4.96. The number of rotatable bonds is 8. The summed E-state index contributed by atoms with van der Waals surface area (Å²) in [4.78, 5) is 30.0. The van der Waals surface area contributed by atoms with E-state index in [1.165, 1.54) is 17.0 Å². The summed E-state index contributed by atoms with van der Waals surface area (Å²) < 4.78 is 25.1. The maximum absolute atomic E-state index is 13.4. The molecule has 0 spiro atoms. The predicted molar refractivity (Wildman–Crippen MR) is 137 cm³/mol. The van der Waals surface area contributed by atoms with Gasteiger partial charge in [0.2, 0.25) is 5.88 Å². The molecule has 2 aromatic carbocycles. The third-order valence-corrected chi connectivity index (χ3v) is 7.15. The molecule has 1 aliphatic carbocycles. The van der Waals surface area contributed by atoms with Crippen LogP contribution >= 0.6 is 0 Å². The van der Waals surface area contributed by atoms with Gasteiger partial charge in [-0.25, -0.2) is 19.0 Å². The highest BCUT2D eigenvalue weighted by Gasteiger charge is 2.59. The number of benzene rings is 2. The van der Waals surface area contributed by atoms with Crippen molar-refractivity contribution in [2.45, 2.75) is 38.5 Å². The minimum atomic E-state index is -0.912. The highest BCUT2D eigenvalue weighted by molar-refractivity contribution is 5.68. The van der Waals surface area contributed by atoms with E-state index in [4.69, 9.17) is 14.5 Å². The Morgan fingerprint density at radius 2 is 1.74 bits per heavy atom. The van der Waals surface area contributed by atoms with Crippen LogP contribution in [0.4, 0.5) is 14.0 Å². The Morgan fingerprint density at radius 1 is 1.05 bits per heavy atom. The number of pyridine rings is 1. The van der Waals surface area contributed by atoms with Crippen LogP contribution in [0.3, 0.4) is 0 Å². The zero-order valence-electron chi connectivity index (χ0n) is 21.3. The zero-order valence-corrected chi connectivity index (χ0v) is 21.3. The first-order chi connectivity index (χ1) is 18.2. The number of carbonyl (C=O) groups excluding carboxylic acids is 1. The number of carboxylic acid groups (broad SMARTS) is 1. The van der Waals surface area contributed by atoms with Gasteiger partial charge in [-0.1, -0.05) is 42.5 Å². The fourth-order valence-corrected chi connectivity index (χ4v) is 4.91. The van der Waals surface area contributed by atoms with Crippen LogP contribution in [0, 0.1) is 17.7 Å². The lowest BCUT2D eigenvalue weighted by Crippen LogP contribution is -2.41. The van der Waals surface area contributed by atoms with E-state index >= 15 is 0 Å². The largest absolute Gasteiger partial charge is 0.474 e. The van der Waals surface area contributed by atoms with Crippen LogP contribution in [0.25, 0.3) is 0 Å². The number of fused-ring (bicyclic) bond motifs is 1. The number of ether oxygens (including phenoxy) is 2. The Labute approximate surface area is 220 Å². The molecule has 1 aliphatic heterocycles. The highest BCUT2D eigenvalue weighted by Crippen LogP contribution is 2.48. The van der Waals surface area contributed by atoms with E-state index < -0.39 is 17.7 Å². The third-order valence-electron chi connectivity index (χ3n) is 7.15. The Bertz CT molecular complexity index is 1300. The lowest BCUT2D eigenvalue weighted by Gasteiger charge is -2.27. The van der Waals surface area contributed by atoms with Gasteiger partial charge in [0, 0.05) is 43.1 Å². The number of hydrogen-bond acceptors (Lipinski definition) is 5. The summed E-state index contributed by atoms with van der Waals surface area (Å²) in [5.41, 5.74) is 2.43. The number of amides is 2. The molecule has 1 aromatic heterocycles. The van der Waals surface area contributed by atoms with E-state index in [9.17, 15) is 19.1 Å². The van der Waals surface area contributed by atoms with Crippen molar-refractivity contribution in [3.8, 4) is 5.88 Å². The van der Waals surface area contributed by atoms with Crippen LogP contribution in [-0.4, -0.2) is 46.4 Å². The van der Waals surface area contributed by atoms with Crippen LogP contribution in [0.2, 0.25) is 0 Å². The summed E-state index contributed by atoms with van der Waals surface area (Å²) in [5.74, 6) is 0.398.